The number of hydrogen-bond donors (Lipinski definition) is 1. The highest BCUT2D eigenvalue weighted by molar-refractivity contribution is 6.62. The van der Waals surface area contributed by atoms with Crippen LogP contribution in [0.5, 0.6) is 0 Å². The highest BCUT2D eigenvalue weighted by Crippen LogP contribution is 2.37. The molecule has 1 aromatic heterocycles. The van der Waals surface area contributed by atoms with Crippen molar-refractivity contribution in [1.29, 1.82) is 0 Å². The van der Waals surface area contributed by atoms with Crippen molar-refractivity contribution in [2.45, 2.75) is 96.9 Å². The molecule has 2 fully saturated rings. The first-order chi connectivity index (χ1) is 19.2. The lowest BCUT2D eigenvalue weighted by atomic mass is 9.79. The van der Waals surface area contributed by atoms with Crippen LogP contribution in [0.2, 0.25) is 0 Å². The standard InChI is InChI=1S/C33H43BN2O5/c1-31(2,3)39-29(37)14-11-22-9-8-10-24(19-22)23-15-17-36(18-16-23)30(38)28-21-25-20-26(12-13-27(25)35-28)34-40-32(4,5)33(6,7)41-34/h8-10,12-13,19-21,23,35H,11,14-18H2,1-7H3. The van der Waals surface area contributed by atoms with Gasteiger partial charge >= 0.3 is 13.1 Å². The second-order valence-electron chi connectivity index (χ2n) is 13.5. The number of rotatable bonds is 6. The Morgan fingerprint density at radius 3 is 2.34 bits per heavy atom. The summed E-state index contributed by atoms with van der Waals surface area (Å²) in [7, 11) is -0.437. The van der Waals surface area contributed by atoms with Gasteiger partial charge in [0.2, 0.25) is 0 Å². The fraction of sp³-hybridized carbons (Fsp3) is 0.515. The number of carbonyl (C=O) groups excluding carboxylic acids is 2. The van der Waals surface area contributed by atoms with Gasteiger partial charge in [0.25, 0.3) is 5.91 Å². The predicted octanol–water partition coefficient (Wildman–Crippen LogP) is 5.76. The molecule has 5 rings (SSSR count). The SMILES string of the molecule is CC(C)(C)OC(=O)CCc1cccc(C2CCN(C(=O)c3cc4cc(B5OC(C)(C)C(C)(C)O5)ccc4[nH]3)CC2)c1. The van der Waals surface area contributed by atoms with Crippen molar-refractivity contribution in [3.8, 4) is 0 Å². The number of aromatic nitrogens is 1. The zero-order valence-electron chi connectivity index (χ0n) is 25.5. The maximum Gasteiger partial charge on any atom is 0.494 e. The van der Waals surface area contributed by atoms with Crippen LogP contribution in [0.3, 0.4) is 0 Å². The van der Waals surface area contributed by atoms with Gasteiger partial charge in [-0.2, -0.15) is 0 Å². The first-order valence-electron chi connectivity index (χ1n) is 14.8. The molecule has 218 valence electrons. The number of fused-ring (bicyclic) bond motifs is 1. The van der Waals surface area contributed by atoms with Crippen molar-refractivity contribution in [2.75, 3.05) is 13.1 Å². The van der Waals surface area contributed by atoms with Gasteiger partial charge in [-0.05, 0) is 108 Å². The number of benzene rings is 2. The number of nitrogens with zero attached hydrogens (tertiary/aromatic N) is 1. The Morgan fingerprint density at radius 1 is 1.00 bits per heavy atom. The Hall–Kier alpha value is -3.10. The van der Waals surface area contributed by atoms with Crippen molar-refractivity contribution in [3.05, 3.63) is 65.4 Å². The maximum atomic E-state index is 13.4. The van der Waals surface area contributed by atoms with E-state index in [1.54, 1.807) is 0 Å². The third-order valence-electron chi connectivity index (χ3n) is 8.64. The molecule has 3 heterocycles. The Kier molecular flexibility index (Phi) is 7.85. The molecule has 0 unspecified atom stereocenters. The molecule has 8 heteroatoms. The van der Waals surface area contributed by atoms with E-state index in [0.717, 1.165) is 34.8 Å². The van der Waals surface area contributed by atoms with E-state index in [0.29, 0.717) is 37.5 Å². The van der Waals surface area contributed by atoms with Gasteiger partial charge in [0.05, 0.1) is 11.2 Å². The summed E-state index contributed by atoms with van der Waals surface area (Å²) in [6.45, 7) is 15.3. The number of aryl methyl sites for hydroxylation is 1. The zero-order valence-corrected chi connectivity index (χ0v) is 25.5. The van der Waals surface area contributed by atoms with E-state index in [1.807, 2.05) is 77.6 Å². The first kappa shape index (κ1) is 29.4. The summed E-state index contributed by atoms with van der Waals surface area (Å²) in [6.07, 6.45) is 2.86. The second kappa shape index (κ2) is 11.0. The topological polar surface area (TPSA) is 80.9 Å². The summed E-state index contributed by atoms with van der Waals surface area (Å²) in [5.74, 6) is 0.254. The molecule has 2 aliphatic heterocycles. The van der Waals surface area contributed by atoms with Crippen molar-refractivity contribution in [3.63, 3.8) is 0 Å². The average Bonchev–Trinajstić information content (AvgIpc) is 3.43. The summed E-state index contributed by atoms with van der Waals surface area (Å²) in [4.78, 5) is 30.8. The van der Waals surface area contributed by atoms with Gasteiger partial charge in [0.1, 0.15) is 11.3 Å². The molecule has 0 spiro atoms. The fourth-order valence-corrected chi connectivity index (χ4v) is 5.62. The molecule has 7 nitrogen and oxygen atoms in total. The lowest BCUT2D eigenvalue weighted by molar-refractivity contribution is -0.154. The number of aromatic amines is 1. The van der Waals surface area contributed by atoms with E-state index in [9.17, 15) is 9.59 Å². The fourth-order valence-electron chi connectivity index (χ4n) is 5.62. The normalized spacial score (nSPS) is 19.1. The summed E-state index contributed by atoms with van der Waals surface area (Å²) >= 11 is 0. The van der Waals surface area contributed by atoms with E-state index < -0.39 is 23.9 Å². The van der Waals surface area contributed by atoms with Crippen molar-refractivity contribution in [2.24, 2.45) is 0 Å². The molecule has 0 saturated carbocycles. The zero-order chi connectivity index (χ0) is 29.6. The van der Waals surface area contributed by atoms with Crippen LogP contribution in [-0.2, 0) is 25.3 Å². The minimum atomic E-state index is -0.464. The van der Waals surface area contributed by atoms with Crippen LogP contribution in [0.4, 0.5) is 0 Å². The van der Waals surface area contributed by atoms with Crippen molar-refractivity contribution < 1.29 is 23.6 Å². The third kappa shape index (κ3) is 6.54. The number of esters is 1. The van der Waals surface area contributed by atoms with E-state index >= 15 is 0 Å². The summed E-state index contributed by atoms with van der Waals surface area (Å²) in [6, 6.07) is 16.5. The van der Waals surface area contributed by atoms with Gasteiger partial charge in [-0.1, -0.05) is 36.4 Å². The van der Waals surface area contributed by atoms with Gasteiger partial charge in [-0.25, -0.2) is 0 Å². The number of amides is 1. The first-order valence-corrected chi connectivity index (χ1v) is 14.8. The summed E-state index contributed by atoms with van der Waals surface area (Å²) in [5.41, 5.74) is 3.63. The van der Waals surface area contributed by atoms with Crippen LogP contribution in [-0.4, -0.2) is 58.8 Å². The Balaban J connectivity index is 1.19. The third-order valence-corrected chi connectivity index (χ3v) is 8.64. The molecule has 1 amide bonds. The molecular formula is C33H43BN2O5. The number of ether oxygens (including phenoxy) is 1. The van der Waals surface area contributed by atoms with Crippen LogP contribution in [0.25, 0.3) is 10.9 Å². The van der Waals surface area contributed by atoms with E-state index in [4.69, 9.17) is 14.0 Å². The Bertz CT molecular complexity index is 1410. The highest BCUT2D eigenvalue weighted by atomic mass is 16.7. The number of nitrogens with one attached hydrogen (secondary N) is 1. The molecule has 0 bridgehead atoms. The predicted molar refractivity (Wildman–Crippen MR) is 163 cm³/mol. The quantitative estimate of drug-likeness (QED) is 0.307. The van der Waals surface area contributed by atoms with Crippen LogP contribution in [0.15, 0.2) is 48.5 Å². The minimum Gasteiger partial charge on any atom is -0.460 e. The molecule has 0 radical (unpaired) electrons. The second-order valence-corrected chi connectivity index (χ2v) is 13.5. The number of piperidine rings is 1. The maximum absolute atomic E-state index is 13.4. The minimum absolute atomic E-state index is 0.0305. The Morgan fingerprint density at radius 2 is 1.68 bits per heavy atom. The van der Waals surface area contributed by atoms with E-state index in [2.05, 4.69) is 29.2 Å². The summed E-state index contributed by atoms with van der Waals surface area (Å²) in [5, 5.41) is 0.971. The van der Waals surface area contributed by atoms with Gasteiger partial charge < -0.3 is 23.9 Å². The lowest BCUT2D eigenvalue weighted by Crippen LogP contribution is -2.41. The van der Waals surface area contributed by atoms with Crippen molar-refractivity contribution in [1.82, 2.24) is 9.88 Å². The number of likely N-dealkylation sites (tertiary alicyclic amines) is 1. The number of carbonyl (C=O) groups is 2. The van der Waals surface area contributed by atoms with Crippen LogP contribution in [0.1, 0.15) is 95.3 Å². The molecule has 0 aliphatic carbocycles. The monoisotopic (exact) mass is 558 g/mol. The summed E-state index contributed by atoms with van der Waals surface area (Å²) < 4.78 is 17.9. The molecule has 2 aromatic carbocycles. The van der Waals surface area contributed by atoms with Gasteiger partial charge in [0, 0.05) is 25.0 Å². The molecular weight excluding hydrogens is 515 g/mol. The van der Waals surface area contributed by atoms with Crippen LogP contribution >= 0.6 is 0 Å². The number of H-pyrrole nitrogens is 1. The highest BCUT2D eigenvalue weighted by Gasteiger charge is 2.51. The molecule has 3 aromatic rings. The number of hydrogen-bond acceptors (Lipinski definition) is 5. The molecule has 41 heavy (non-hydrogen) atoms. The smallest absolute Gasteiger partial charge is 0.460 e. The van der Waals surface area contributed by atoms with Gasteiger partial charge in [-0.15, -0.1) is 0 Å². The van der Waals surface area contributed by atoms with E-state index in [1.165, 1.54) is 5.56 Å². The van der Waals surface area contributed by atoms with Crippen molar-refractivity contribution >= 4 is 35.4 Å². The van der Waals surface area contributed by atoms with Crippen LogP contribution < -0.4 is 5.46 Å². The molecule has 2 aliphatic rings. The Labute approximate surface area is 244 Å². The van der Waals surface area contributed by atoms with Gasteiger partial charge in [0.15, 0.2) is 0 Å². The molecule has 0 atom stereocenters. The van der Waals surface area contributed by atoms with Gasteiger partial charge in [-0.3, -0.25) is 9.59 Å². The average molecular weight is 559 g/mol. The lowest BCUT2D eigenvalue weighted by Gasteiger charge is -2.32. The van der Waals surface area contributed by atoms with E-state index in [-0.39, 0.29) is 11.9 Å². The molecule has 2 saturated heterocycles. The largest absolute Gasteiger partial charge is 0.494 e. The molecule has 1 N–H and O–H groups in total. The van der Waals surface area contributed by atoms with Crippen LogP contribution in [0, 0.1) is 0 Å².